The van der Waals surface area contributed by atoms with Gasteiger partial charge < -0.3 is 4.57 Å². The average Bonchev–Trinajstić information content (AvgIpc) is 3.03. The summed E-state index contributed by atoms with van der Waals surface area (Å²) in [6, 6.07) is 8.31. The molecule has 2 aromatic rings. The van der Waals surface area contributed by atoms with Gasteiger partial charge in [0.15, 0.2) is 0 Å². The molecule has 1 aliphatic rings. The number of thioether (sulfide) groups is 2. The van der Waals surface area contributed by atoms with Crippen LogP contribution in [0.1, 0.15) is 18.9 Å². The predicted molar refractivity (Wildman–Crippen MR) is 98.8 cm³/mol. The molecule has 1 fully saturated rings. The van der Waals surface area contributed by atoms with Crippen molar-refractivity contribution >= 4 is 35.1 Å². The van der Waals surface area contributed by atoms with Crippen LogP contribution in [0.15, 0.2) is 43.0 Å². The lowest BCUT2D eigenvalue weighted by Crippen LogP contribution is -2.35. The highest BCUT2D eigenvalue weighted by atomic mass is 35.5. The SMILES string of the molecule is CCC1CSC(Cc2ccc(Cl)cc2)(Cn2ccnc2)SC1. The predicted octanol–water partition coefficient (Wildman–Crippen LogP) is 4.98. The molecule has 0 N–H and O–H groups in total. The van der Waals surface area contributed by atoms with Crippen molar-refractivity contribution in [2.75, 3.05) is 11.5 Å². The fourth-order valence-electron chi connectivity index (χ4n) is 2.69. The molecule has 1 aliphatic heterocycles. The van der Waals surface area contributed by atoms with Crippen LogP contribution in [0.2, 0.25) is 5.02 Å². The Bertz CT molecular complexity index is 575. The van der Waals surface area contributed by atoms with Crippen LogP contribution in [0, 0.1) is 5.92 Å². The fourth-order valence-corrected chi connectivity index (χ4v) is 6.51. The lowest BCUT2D eigenvalue weighted by Gasteiger charge is -2.39. The van der Waals surface area contributed by atoms with Gasteiger partial charge in [0.1, 0.15) is 0 Å². The monoisotopic (exact) mass is 352 g/mol. The normalized spacial score (nSPS) is 25.3. The molecule has 1 saturated heterocycles. The highest BCUT2D eigenvalue weighted by Crippen LogP contribution is 2.48. The van der Waals surface area contributed by atoms with E-state index in [1.165, 1.54) is 23.5 Å². The van der Waals surface area contributed by atoms with E-state index >= 15 is 0 Å². The van der Waals surface area contributed by atoms with Gasteiger partial charge in [0.2, 0.25) is 0 Å². The second-order valence-corrected chi connectivity index (χ2v) is 9.35. The summed E-state index contributed by atoms with van der Waals surface area (Å²) in [5, 5.41) is 0.808. The van der Waals surface area contributed by atoms with Gasteiger partial charge in [0.25, 0.3) is 0 Å². The van der Waals surface area contributed by atoms with E-state index < -0.39 is 0 Å². The van der Waals surface area contributed by atoms with Gasteiger partial charge in [-0.25, -0.2) is 4.98 Å². The quantitative estimate of drug-likeness (QED) is 0.755. The van der Waals surface area contributed by atoms with Crippen molar-refractivity contribution in [1.29, 1.82) is 0 Å². The zero-order chi connectivity index (χ0) is 15.4. The summed E-state index contributed by atoms with van der Waals surface area (Å²) >= 11 is 10.3. The molecule has 2 heterocycles. The third-order valence-corrected chi connectivity index (χ3v) is 7.95. The summed E-state index contributed by atoms with van der Waals surface area (Å²) < 4.78 is 2.41. The maximum Gasteiger partial charge on any atom is 0.0946 e. The van der Waals surface area contributed by atoms with Crippen LogP contribution in [0.25, 0.3) is 0 Å². The molecule has 0 bridgehead atoms. The van der Waals surface area contributed by atoms with Gasteiger partial charge in [-0.3, -0.25) is 0 Å². The highest BCUT2D eigenvalue weighted by molar-refractivity contribution is 8.18. The first-order chi connectivity index (χ1) is 10.7. The smallest absolute Gasteiger partial charge is 0.0946 e. The van der Waals surface area contributed by atoms with Crippen LogP contribution in [-0.2, 0) is 13.0 Å². The summed E-state index contributed by atoms with van der Waals surface area (Å²) in [5.41, 5.74) is 1.36. The molecule has 118 valence electrons. The van der Waals surface area contributed by atoms with Crippen LogP contribution in [-0.4, -0.2) is 25.1 Å². The Balaban J connectivity index is 1.78. The molecular weight excluding hydrogens is 332 g/mol. The molecule has 0 saturated carbocycles. The molecule has 0 unspecified atom stereocenters. The average molecular weight is 353 g/mol. The van der Waals surface area contributed by atoms with Crippen LogP contribution in [0.4, 0.5) is 0 Å². The molecule has 0 spiro atoms. The van der Waals surface area contributed by atoms with Crippen LogP contribution in [0.3, 0.4) is 0 Å². The van der Waals surface area contributed by atoms with Gasteiger partial charge >= 0.3 is 0 Å². The van der Waals surface area contributed by atoms with E-state index in [-0.39, 0.29) is 4.08 Å². The molecule has 2 nitrogen and oxygen atoms in total. The summed E-state index contributed by atoms with van der Waals surface area (Å²) in [5.74, 6) is 3.36. The number of aromatic nitrogens is 2. The molecule has 1 aromatic carbocycles. The van der Waals surface area contributed by atoms with Crippen LogP contribution >= 0.6 is 35.1 Å². The third kappa shape index (κ3) is 4.03. The highest BCUT2D eigenvalue weighted by Gasteiger charge is 2.37. The lowest BCUT2D eigenvalue weighted by atomic mass is 10.1. The van der Waals surface area contributed by atoms with E-state index in [0.29, 0.717) is 0 Å². The molecule has 5 heteroatoms. The number of imidazole rings is 1. The van der Waals surface area contributed by atoms with E-state index in [0.717, 1.165) is 23.9 Å². The maximum atomic E-state index is 6.02. The number of hydrogen-bond acceptors (Lipinski definition) is 3. The van der Waals surface area contributed by atoms with E-state index in [2.05, 4.69) is 58.3 Å². The molecule has 0 atom stereocenters. The van der Waals surface area contributed by atoms with Crippen molar-refractivity contribution in [3.63, 3.8) is 0 Å². The standard InChI is InChI=1S/C17H21ClN2S2/c1-2-14-10-21-17(22-11-14,12-20-8-7-19-13-20)9-15-3-5-16(18)6-4-15/h3-8,13-14H,2,9-12H2,1H3. The fraction of sp³-hybridized carbons (Fsp3) is 0.471. The number of hydrogen-bond donors (Lipinski definition) is 0. The molecule has 0 radical (unpaired) electrons. The van der Waals surface area contributed by atoms with Crippen molar-refractivity contribution < 1.29 is 0 Å². The van der Waals surface area contributed by atoms with E-state index in [1.807, 2.05) is 24.7 Å². The van der Waals surface area contributed by atoms with E-state index in [9.17, 15) is 0 Å². The minimum absolute atomic E-state index is 0.195. The largest absolute Gasteiger partial charge is 0.335 e. The molecule has 1 aromatic heterocycles. The maximum absolute atomic E-state index is 6.02. The van der Waals surface area contributed by atoms with Crippen LogP contribution in [0.5, 0.6) is 0 Å². The van der Waals surface area contributed by atoms with Gasteiger partial charge in [-0.1, -0.05) is 37.1 Å². The molecule has 0 aliphatic carbocycles. The van der Waals surface area contributed by atoms with Gasteiger partial charge in [-0.2, -0.15) is 0 Å². The number of nitrogens with zero attached hydrogens (tertiary/aromatic N) is 2. The zero-order valence-electron chi connectivity index (χ0n) is 12.7. The lowest BCUT2D eigenvalue weighted by molar-refractivity contribution is 0.588. The molecule has 0 amide bonds. The Hall–Kier alpha value is -0.580. The first-order valence-electron chi connectivity index (χ1n) is 7.67. The molecule has 22 heavy (non-hydrogen) atoms. The summed E-state index contributed by atoms with van der Waals surface area (Å²) in [7, 11) is 0. The second kappa shape index (κ2) is 7.33. The van der Waals surface area contributed by atoms with Gasteiger partial charge in [-0.15, -0.1) is 23.5 Å². The van der Waals surface area contributed by atoms with E-state index in [4.69, 9.17) is 11.6 Å². The summed E-state index contributed by atoms with van der Waals surface area (Å²) in [6.07, 6.45) is 8.20. The Morgan fingerprint density at radius 1 is 1.27 bits per heavy atom. The van der Waals surface area contributed by atoms with Crippen molar-refractivity contribution in [3.05, 3.63) is 53.6 Å². The topological polar surface area (TPSA) is 17.8 Å². The van der Waals surface area contributed by atoms with Gasteiger partial charge in [0.05, 0.1) is 10.4 Å². The van der Waals surface area contributed by atoms with Crippen molar-refractivity contribution in [2.24, 2.45) is 5.92 Å². The Morgan fingerprint density at radius 3 is 2.59 bits per heavy atom. The Kier molecular flexibility index (Phi) is 5.42. The van der Waals surface area contributed by atoms with Crippen molar-refractivity contribution in [2.45, 2.75) is 30.4 Å². The number of halogens is 1. The summed E-state index contributed by atoms with van der Waals surface area (Å²) in [4.78, 5) is 4.20. The number of benzene rings is 1. The Labute approximate surface area is 146 Å². The minimum atomic E-state index is 0.195. The number of rotatable bonds is 5. The van der Waals surface area contributed by atoms with Crippen molar-refractivity contribution in [3.8, 4) is 0 Å². The third-order valence-electron chi connectivity index (χ3n) is 4.11. The minimum Gasteiger partial charge on any atom is -0.335 e. The van der Waals surface area contributed by atoms with Gasteiger partial charge in [0, 0.05) is 24.0 Å². The first kappa shape index (κ1) is 16.3. The first-order valence-corrected chi connectivity index (χ1v) is 10.0. The summed E-state index contributed by atoms with van der Waals surface area (Å²) in [6.45, 7) is 3.30. The van der Waals surface area contributed by atoms with Crippen LogP contribution < -0.4 is 0 Å². The second-order valence-electron chi connectivity index (χ2n) is 5.85. The van der Waals surface area contributed by atoms with Crippen molar-refractivity contribution in [1.82, 2.24) is 9.55 Å². The Morgan fingerprint density at radius 2 is 2.00 bits per heavy atom. The molecule has 3 rings (SSSR count). The molecular formula is C17H21ClN2S2. The van der Waals surface area contributed by atoms with E-state index in [1.54, 1.807) is 0 Å². The van der Waals surface area contributed by atoms with Gasteiger partial charge in [-0.05, 0) is 41.5 Å². The zero-order valence-corrected chi connectivity index (χ0v) is 15.1.